The molecule has 0 aliphatic carbocycles. The maximum absolute atomic E-state index is 6.38. The summed E-state index contributed by atoms with van der Waals surface area (Å²) in [6.07, 6.45) is 4.71. The van der Waals surface area contributed by atoms with Gasteiger partial charge in [-0.15, -0.1) is 0 Å². The first-order valence-electron chi connectivity index (χ1n) is 13.5. The minimum absolute atomic E-state index is 0.221. The molecule has 1 saturated heterocycles. The van der Waals surface area contributed by atoms with Crippen molar-refractivity contribution in [1.82, 2.24) is 29.6 Å². The number of aromatic nitrogens is 5. The molecule has 1 atom stereocenters. The Bertz CT molecular complexity index is 1610. The van der Waals surface area contributed by atoms with Crippen LogP contribution in [0.1, 0.15) is 36.4 Å². The van der Waals surface area contributed by atoms with Crippen molar-refractivity contribution in [2.75, 3.05) is 44.4 Å². The number of methoxy groups -OCH3 is 1. The van der Waals surface area contributed by atoms with Crippen molar-refractivity contribution in [3.8, 4) is 11.3 Å². The number of benzene rings is 2. The highest BCUT2D eigenvalue weighted by Gasteiger charge is 2.26. The predicted molar refractivity (Wildman–Crippen MR) is 153 cm³/mol. The lowest BCUT2D eigenvalue weighted by molar-refractivity contribution is 0.140. The number of hydrogen-bond donors (Lipinski definition) is 2. The van der Waals surface area contributed by atoms with E-state index in [4.69, 9.17) is 20.0 Å². The molecule has 39 heavy (non-hydrogen) atoms. The topological polar surface area (TPSA) is 120 Å². The van der Waals surface area contributed by atoms with Gasteiger partial charge in [0.2, 0.25) is 0 Å². The van der Waals surface area contributed by atoms with Crippen LogP contribution in [0, 0.1) is 13.8 Å². The summed E-state index contributed by atoms with van der Waals surface area (Å²) in [5.74, 6) is 0.438. The third-order valence-corrected chi connectivity index (χ3v) is 7.40. The molecule has 5 aromatic rings. The normalized spacial score (nSPS) is 16.3. The third kappa shape index (κ3) is 5.05. The van der Waals surface area contributed by atoms with Crippen molar-refractivity contribution in [2.24, 2.45) is 0 Å². The molecule has 3 aromatic heterocycles. The number of ether oxygens (including phenoxy) is 1. The van der Waals surface area contributed by atoms with Crippen LogP contribution in [-0.4, -0.2) is 63.0 Å². The molecule has 0 radical (unpaired) electrons. The number of hydrogen-bond acceptors (Lipinski definition) is 9. The van der Waals surface area contributed by atoms with E-state index in [1.807, 2.05) is 37.3 Å². The van der Waals surface area contributed by atoms with Crippen LogP contribution in [0.5, 0.6) is 0 Å². The summed E-state index contributed by atoms with van der Waals surface area (Å²) in [5, 5.41) is 9.14. The maximum Gasteiger partial charge on any atom is 0.300 e. The number of likely N-dealkylation sites (tertiary alicyclic amines) is 1. The summed E-state index contributed by atoms with van der Waals surface area (Å²) in [6, 6.07) is 12.8. The summed E-state index contributed by atoms with van der Waals surface area (Å²) in [7, 11) is 1.75. The second kappa shape index (κ2) is 10.6. The SMILES string of the molecule is COCCCN1CCC[C@H](n2nc(-c3ccc(Nc4nc5cc(C)cc(C)c5o4)cc3)c3c(N)ncnc32)C1. The summed E-state index contributed by atoms with van der Waals surface area (Å²) in [6.45, 7) is 7.90. The van der Waals surface area contributed by atoms with E-state index >= 15 is 0 Å². The highest BCUT2D eigenvalue weighted by Crippen LogP contribution is 2.34. The predicted octanol–water partition coefficient (Wildman–Crippen LogP) is 5.25. The first-order chi connectivity index (χ1) is 19.0. The molecule has 4 heterocycles. The lowest BCUT2D eigenvalue weighted by atomic mass is 10.1. The third-order valence-electron chi connectivity index (χ3n) is 7.40. The zero-order chi connectivity index (χ0) is 26.9. The molecule has 10 heteroatoms. The quantitative estimate of drug-likeness (QED) is 0.261. The van der Waals surface area contributed by atoms with Crippen LogP contribution in [-0.2, 0) is 4.74 Å². The van der Waals surface area contributed by atoms with Gasteiger partial charge in [0.15, 0.2) is 11.2 Å². The number of rotatable bonds is 8. The number of aryl methyl sites for hydroxylation is 2. The molecule has 1 aliphatic heterocycles. The Hall–Kier alpha value is -4.02. The highest BCUT2D eigenvalue weighted by molar-refractivity contribution is 5.98. The first-order valence-corrected chi connectivity index (χ1v) is 13.5. The number of nitrogens with zero attached hydrogens (tertiary/aromatic N) is 6. The van der Waals surface area contributed by atoms with Gasteiger partial charge in [0, 0.05) is 38.1 Å². The minimum Gasteiger partial charge on any atom is -0.423 e. The van der Waals surface area contributed by atoms with E-state index in [1.165, 1.54) is 6.33 Å². The van der Waals surface area contributed by atoms with E-state index < -0.39 is 0 Å². The molecule has 6 rings (SSSR count). The van der Waals surface area contributed by atoms with Crippen molar-refractivity contribution < 1.29 is 9.15 Å². The van der Waals surface area contributed by atoms with E-state index in [9.17, 15) is 0 Å². The van der Waals surface area contributed by atoms with E-state index in [2.05, 4.69) is 42.8 Å². The average Bonchev–Trinajstić information content (AvgIpc) is 3.52. The summed E-state index contributed by atoms with van der Waals surface area (Å²) in [4.78, 5) is 16.0. The van der Waals surface area contributed by atoms with Gasteiger partial charge in [0.1, 0.15) is 23.4 Å². The van der Waals surface area contributed by atoms with Crippen LogP contribution in [0.4, 0.5) is 17.5 Å². The zero-order valence-corrected chi connectivity index (χ0v) is 22.6. The Kier molecular flexibility index (Phi) is 6.88. The fraction of sp³-hybridized carbons (Fsp3) is 0.379. The van der Waals surface area contributed by atoms with Crippen molar-refractivity contribution in [3.63, 3.8) is 0 Å². The molecule has 0 unspecified atom stereocenters. The number of anilines is 3. The van der Waals surface area contributed by atoms with Gasteiger partial charge in [-0.05, 0) is 69.0 Å². The number of nitrogens with one attached hydrogen (secondary N) is 1. The van der Waals surface area contributed by atoms with E-state index in [1.54, 1.807) is 7.11 Å². The molecule has 2 aromatic carbocycles. The molecule has 0 amide bonds. The van der Waals surface area contributed by atoms with Crippen molar-refractivity contribution in [2.45, 2.75) is 39.2 Å². The van der Waals surface area contributed by atoms with Gasteiger partial charge in [-0.25, -0.2) is 14.6 Å². The first kappa shape index (κ1) is 25.3. The molecule has 10 nitrogen and oxygen atoms in total. The summed E-state index contributed by atoms with van der Waals surface area (Å²) < 4.78 is 13.3. The van der Waals surface area contributed by atoms with E-state index in [-0.39, 0.29) is 6.04 Å². The molecule has 3 N–H and O–H groups in total. The van der Waals surface area contributed by atoms with Crippen LogP contribution >= 0.6 is 0 Å². The molecule has 202 valence electrons. The number of oxazole rings is 1. The number of nitrogen functional groups attached to an aromatic ring is 1. The Morgan fingerprint density at radius 2 is 2.00 bits per heavy atom. The molecular weight excluding hydrogens is 492 g/mol. The van der Waals surface area contributed by atoms with Crippen LogP contribution in [0.2, 0.25) is 0 Å². The van der Waals surface area contributed by atoms with Crippen molar-refractivity contribution in [1.29, 1.82) is 0 Å². The maximum atomic E-state index is 6.38. The fourth-order valence-corrected chi connectivity index (χ4v) is 5.58. The van der Waals surface area contributed by atoms with E-state index in [0.717, 1.165) is 95.7 Å². The average molecular weight is 527 g/mol. The number of fused-ring (bicyclic) bond motifs is 2. The number of piperidine rings is 1. The van der Waals surface area contributed by atoms with Gasteiger partial charge in [-0.3, -0.25) is 0 Å². The van der Waals surface area contributed by atoms with Crippen molar-refractivity contribution in [3.05, 3.63) is 53.9 Å². The Labute approximate surface area is 227 Å². The Balaban J connectivity index is 1.27. The second-order valence-electron chi connectivity index (χ2n) is 10.3. The van der Waals surface area contributed by atoms with Gasteiger partial charge in [0.05, 0.1) is 11.4 Å². The van der Waals surface area contributed by atoms with Crippen LogP contribution in [0.15, 0.2) is 47.1 Å². The fourth-order valence-electron chi connectivity index (χ4n) is 5.58. The van der Waals surface area contributed by atoms with Gasteiger partial charge >= 0.3 is 0 Å². The molecule has 1 fully saturated rings. The van der Waals surface area contributed by atoms with Gasteiger partial charge in [-0.2, -0.15) is 10.1 Å². The van der Waals surface area contributed by atoms with E-state index in [0.29, 0.717) is 11.8 Å². The van der Waals surface area contributed by atoms with Gasteiger partial charge < -0.3 is 25.1 Å². The number of nitrogens with two attached hydrogens (primary N) is 1. The lowest BCUT2D eigenvalue weighted by Crippen LogP contribution is -2.37. The lowest BCUT2D eigenvalue weighted by Gasteiger charge is -2.32. The van der Waals surface area contributed by atoms with Crippen LogP contribution in [0.25, 0.3) is 33.4 Å². The van der Waals surface area contributed by atoms with Crippen LogP contribution < -0.4 is 11.1 Å². The largest absolute Gasteiger partial charge is 0.423 e. The standard InChI is InChI=1S/C29H34N8O2/c1-18-14-19(2)26-23(15-18)34-29(39-26)33-21-9-7-20(8-10-21)25-24-27(30)31-17-32-28(24)37(35-25)22-6-4-11-36(16-22)12-5-13-38-3/h7-10,14-15,17,22H,4-6,11-13,16H2,1-3H3,(H,33,34)(H2,30,31,32)/t22-/m0/s1. The Morgan fingerprint density at radius 1 is 1.15 bits per heavy atom. The molecule has 1 aliphatic rings. The van der Waals surface area contributed by atoms with Crippen LogP contribution in [0.3, 0.4) is 0 Å². The van der Waals surface area contributed by atoms with Crippen molar-refractivity contribution >= 4 is 39.7 Å². The second-order valence-corrected chi connectivity index (χ2v) is 10.3. The molecule has 0 spiro atoms. The molecule has 0 bridgehead atoms. The zero-order valence-electron chi connectivity index (χ0n) is 22.6. The van der Waals surface area contributed by atoms with Gasteiger partial charge in [-0.1, -0.05) is 18.2 Å². The smallest absolute Gasteiger partial charge is 0.300 e. The molecule has 0 saturated carbocycles. The Morgan fingerprint density at radius 3 is 2.82 bits per heavy atom. The highest BCUT2D eigenvalue weighted by atomic mass is 16.5. The summed E-state index contributed by atoms with van der Waals surface area (Å²) in [5.41, 5.74) is 13.6. The minimum atomic E-state index is 0.221. The van der Waals surface area contributed by atoms with Gasteiger partial charge in [0.25, 0.3) is 6.01 Å². The molecular formula is C29H34N8O2. The summed E-state index contributed by atoms with van der Waals surface area (Å²) >= 11 is 0. The monoisotopic (exact) mass is 526 g/mol.